The fourth-order valence-corrected chi connectivity index (χ4v) is 3.64. The van der Waals surface area contributed by atoms with Crippen molar-refractivity contribution in [3.63, 3.8) is 0 Å². The molecule has 0 amide bonds. The summed E-state index contributed by atoms with van der Waals surface area (Å²) >= 11 is 0. The van der Waals surface area contributed by atoms with Crippen molar-refractivity contribution in [1.82, 2.24) is 14.7 Å². The quantitative estimate of drug-likeness (QED) is 0.578. The number of aryl methyl sites for hydroxylation is 1. The van der Waals surface area contributed by atoms with Crippen LogP contribution in [-0.2, 0) is 13.6 Å². The molecule has 4 rings (SSSR count). The highest BCUT2D eigenvalue weighted by molar-refractivity contribution is 5.65. The molecule has 1 heterocycles. The van der Waals surface area contributed by atoms with Crippen LogP contribution in [-0.4, -0.2) is 38.5 Å². The molecule has 152 valence electrons. The van der Waals surface area contributed by atoms with E-state index in [-0.39, 0.29) is 6.10 Å². The molecule has 0 saturated heterocycles. The molecule has 1 aromatic heterocycles. The number of ether oxygens (including phenoxy) is 1. The van der Waals surface area contributed by atoms with Crippen molar-refractivity contribution in [3.8, 4) is 22.9 Å². The summed E-state index contributed by atoms with van der Waals surface area (Å²) in [4.78, 5) is 2.38. The molecule has 0 aliphatic heterocycles. The molecule has 1 atom stereocenters. The van der Waals surface area contributed by atoms with Crippen LogP contribution < -0.4 is 4.74 Å². The van der Waals surface area contributed by atoms with Gasteiger partial charge in [0, 0.05) is 31.7 Å². The van der Waals surface area contributed by atoms with Gasteiger partial charge in [-0.2, -0.15) is 5.10 Å². The number of rotatable bonds is 9. The lowest BCUT2D eigenvalue weighted by molar-refractivity contribution is 0.101. The van der Waals surface area contributed by atoms with Gasteiger partial charge in [0.25, 0.3) is 0 Å². The van der Waals surface area contributed by atoms with E-state index < -0.39 is 0 Å². The minimum absolute atomic E-state index is 0.314. The summed E-state index contributed by atoms with van der Waals surface area (Å²) in [7, 11) is 1.93. The van der Waals surface area contributed by atoms with Crippen LogP contribution in [0.3, 0.4) is 0 Å². The Hall–Kier alpha value is -2.63. The largest absolute Gasteiger partial charge is 0.439 e. The van der Waals surface area contributed by atoms with Crippen molar-refractivity contribution >= 4 is 0 Å². The monoisotopic (exact) mass is 391 g/mol. The molecule has 3 aromatic rings. The molecule has 1 aliphatic rings. The third-order valence-corrected chi connectivity index (χ3v) is 5.43. The number of aromatic nitrogens is 2. The molecule has 1 aliphatic carbocycles. The second-order valence-corrected chi connectivity index (χ2v) is 7.76. The lowest BCUT2D eigenvalue weighted by Gasteiger charge is -2.25. The van der Waals surface area contributed by atoms with E-state index >= 15 is 0 Å². The maximum Gasteiger partial charge on any atom is 0.222 e. The number of benzene rings is 2. The Bertz CT molecular complexity index is 920. The highest BCUT2D eigenvalue weighted by Gasteiger charge is 2.32. The summed E-state index contributed by atoms with van der Waals surface area (Å²) in [6.45, 7) is 3.41. The summed E-state index contributed by atoms with van der Waals surface area (Å²) in [5.74, 6) is 1.55. The molecular weight excluding hydrogens is 362 g/mol. The van der Waals surface area contributed by atoms with Crippen LogP contribution in [0.5, 0.6) is 11.6 Å². The molecule has 5 heteroatoms. The average Bonchev–Trinajstić information content (AvgIpc) is 3.56. The first-order valence-electron chi connectivity index (χ1n) is 10.4. The lowest BCUT2D eigenvalue weighted by Crippen LogP contribution is -2.33. The summed E-state index contributed by atoms with van der Waals surface area (Å²) in [5.41, 5.74) is 3.08. The number of aliphatic hydroxyl groups is 1. The Kier molecular flexibility index (Phi) is 5.97. The van der Waals surface area contributed by atoms with Gasteiger partial charge in [-0.3, -0.25) is 4.90 Å². The molecule has 0 radical (unpaired) electrons. The van der Waals surface area contributed by atoms with Crippen LogP contribution in [0.2, 0.25) is 0 Å². The van der Waals surface area contributed by atoms with Crippen LogP contribution in [0.15, 0.2) is 60.7 Å². The first-order valence-corrected chi connectivity index (χ1v) is 10.4. The van der Waals surface area contributed by atoms with Gasteiger partial charge in [0.1, 0.15) is 11.4 Å². The standard InChI is InChI=1S/C24H29N3O2/c1-3-20(28)16-27(19-14-15-19)17-22-23(18-10-6-4-7-11-18)25-26(2)24(22)29-21-12-8-5-9-13-21/h4-13,19-20,28H,3,14-17H2,1-2H3/t20-/m0/s1. The van der Waals surface area contributed by atoms with Crippen LogP contribution in [0.1, 0.15) is 31.7 Å². The van der Waals surface area contributed by atoms with Crippen molar-refractivity contribution < 1.29 is 9.84 Å². The molecule has 1 fully saturated rings. The van der Waals surface area contributed by atoms with Crippen molar-refractivity contribution in [2.75, 3.05) is 6.54 Å². The van der Waals surface area contributed by atoms with Crippen molar-refractivity contribution in [2.45, 2.75) is 44.9 Å². The predicted octanol–water partition coefficient (Wildman–Crippen LogP) is 4.61. The molecule has 1 saturated carbocycles. The normalized spacial score (nSPS) is 14.9. The van der Waals surface area contributed by atoms with Gasteiger partial charge in [0.05, 0.1) is 11.7 Å². The Morgan fingerprint density at radius 3 is 2.38 bits per heavy atom. The number of nitrogens with zero attached hydrogens (tertiary/aromatic N) is 3. The van der Waals surface area contributed by atoms with E-state index in [1.54, 1.807) is 0 Å². The van der Waals surface area contributed by atoms with Crippen LogP contribution >= 0.6 is 0 Å². The predicted molar refractivity (Wildman–Crippen MR) is 115 cm³/mol. The van der Waals surface area contributed by atoms with E-state index in [0.717, 1.165) is 34.9 Å². The van der Waals surface area contributed by atoms with Crippen LogP contribution in [0, 0.1) is 0 Å². The first kappa shape index (κ1) is 19.7. The lowest BCUT2D eigenvalue weighted by atomic mass is 10.1. The molecule has 5 nitrogen and oxygen atoms in total. The molecule has 1 N–H and O–H groups in total. The smallest absolute Gasteiger partial charge is 0.222 e. The van der Waals surface area contributed by atoms with Crippen LogP contribution in [0.4, 0.5) is 0 Å². The zero-order valence-electron chi connectivity index (χ0n) is 17.2. The second kappa shape index (κ2) is 8.80. The Labute approximate surface area is 172 Å². The first-order chi connectivity index (χ1) is 14.2. The van der Waals surface area contributed by atoms with E-state index in [1.165, 1.54) is 12.8 Å². The molecule has 29 heavy (non-hydrogen) atoms. The third kappa shape index (κ3) is 4.69. The van der Waals surface area contributed by atoms with Gasteiger partial charge in [0.15, 0.2) is 0 Å². The maximum absolute atomic E-state index is 10.3. The van der Waals surface area contributed by atoms with E-state index in [2.05, 4.69) is 17.0 Å². The second-order valence-electron chi connectivity index (χ2n) is 7.76. The zero-order valence-corrected chi connectivity index (χ0v) is 17.2. The van der Waals surface area contributed by atoms with Crippen LogP contribution in [0.25, 0.3) is 11.3 Å². The van der Waals surface area contributed by atoms with E-state index in [4.69, 9.17) is 9.84 Å². The molecule has 0 spiro atoms. The molecule has 0 unspecified atom stereocenters. The van der Waals surface area contributed by atoms with E-state index in [0.29, 0.717) is 19.1 Å². The number of hydrogen-bond donors (Lipinski definition) is 1. The summed E-state index contributed by atoms with van der Waals surface area (Å²) in [5, 5.41) is 15.1. The number of aliphatic hydroxyl groups excluding tert-OH is 1. The number of para-hydroxylation sites is 1. The Balaban J connectivity index is 1.72. The van der Waals surface area contributed by atoms with Gasteiger partial charge in [0.2, 0.25) is 5.88 Å². The van der Waals surface area contributed by atoms with Gasteiger partial charge >= 0.3 is 0 Å². The average molecular weight is 392 g/mol. The Morgan fingerprint density at radius 2 is 1.76 bits per heavy atom. The topological polar surface area (TPSA) is 50.5 Å². The highest BCUT2D eigenvalue weighted by Crippen LogP contribution is 2.37. The summed E-state index contributed by atoms with van der Waals surface area (Å²) in [6, 6.07) is 20.6. The Morgan fingerprint density at radius 1 is 1.10 bits per heavy atom. The van der Waals surface area contributed by atoms with Gasteiger partial charge in [-0.1, -0.05) is 55.5 Å². The summed E-state index contributed by atoms with van der Waals surface area (Å²) in [6.07, 6.45) is 2.82. The van der Waals surface area contributed by atoms with Crippen molar-refractivity contribution in [2.24, 2.45) is 7.05 Å². The summed E-state index contributed by atoms with van der Waals surface area (Å²) < 4.78 is 8.11. The van der Waals surface area contributed by atoms with Gasteiger partial charge < -0.3 is 9.84 Å². The fraction of sp³-hybridized carbons (Fsp3) is 0.375. The van der Waals surface area contributed by atoms with E-state index in [9.17, 15) is 5.11 Å². The number of hydrogen-bond acceptors (Lipinski definition) is 4. The maximum atomic E-state index is 10.3. The zero-order chi connectivity index (χ0) is 20.2. The molecule has 2 aromatic carbocycles. The molecular formula is C24H29N3O2. The van der Waals surface area contributed by atoms with Crippen molar-refractivity contribution in [1.29, 1.82) is 0 Å². The minimum atomic E-state index is -0.314. The molecule has 0 bridgehead atoms. The highest BCUT2D eigenvalue weighted by atomic mass is 16.5. The SMILES string of the molecule is CC[C@H](O)CN(Cc1c(-c2ccccc2)nn(C)c1Oc1ccccc1)C1CC1. The van der Waals surface area contributed by atoms with Gasteiger partial charge in [-0.25, -0.2) is 4.68 Å². The fourth-order valence-electron chi connectivity index (χ4n) is 3.64. The van der Waals surface area contributed by atoms with Gasteiger partial charge in [-0.15, -0.1) is 0 Å². The van der Waals surface area contributed by atoms with Crippen molar-refractivity contribution in [3.05, 3.63) is 66.2 Å². The van der Waals surface area contributed by atoms with Gasteiger partial charge in [-0.05, 0) is 31.4 Å². The minimum Gasteiger partial charge on any atom is -0.439 e. The third-order valence-electron chi connectivity index (χ3n) is 5.43. The van der Waals surface area contributed by atoms with E-state index in [1.807, 2.05) is 67.2 Å².